The SMILES string of the molecule is CC(=O)Nc1cc(C(=O)NCCN)ccc1CN1CCCC1. The molecule has 1 aromatic carbocycles. The van der Waals surface area contributed by atoms with E-state index in [0.717, 1.165) is 25.2 Å². The van der Waals surface area contributed by atoms with Gasteiger partial charge in [-0.3, -0.25) is 14.5 Å². The minimum atomic E-state index is -0.176. The summed E-state index contributed by atoms with van der Waals surface area (Å²) in [4.78, 5) is 25.8. The van der Waals surface area contributed by atoms with Crippen molar-refractivity contribution in [1.82, 2.24) is 10.2 Å². The van der Waals surface area contributed by atoms with Crippen molar-refractivity contribution >= 4 is 17.5 Å². The average molecular weight is 304 g/mol. The summed E-state index contributed by atoms with van der Waals surface area (Å²) < 4.78 is 0. The molecule has 1 aromatic rings. The molecule has 1 aliphatic rings. The first kappa shape index (κ1) is 16.5. The Hall–Kier alpha value is -1.92. The third-order valence-electron chi connectivity index (χ3n) is 3.71. The number of hydrogen-bond donors (Lipinski definition) is 3. The zero-order chi connectivity index (χ0) is 15.9. The molecule has 1 aliphatic heterocycles. The van der Waals surface area contributed by atoms with Crippen molar-refractivity contribution < 1.29 is 9.59 Å². The Labute approximate surface area is 131 Å². The lowest BCUT2D eigenvalue weighted by Gasteiger charge is -2.18. The van der Waals surface area contributed by atoms with Crippen LogP contribution < -0.4 is 16.4 Å². The molecule has 0 unspecified atom stereocenters. The zero-order valence-electron chi connectivity index (χ0n) is 13.0. The van der Waals surface area contributed by atoms with E-state index in [9.17, 15) is 9.59 Å². The van der Waals surface area contributed by atoms with Crippen LogP contribution >= 0.6 is 0 Å². The molecule has 2 amide bonds. The molecule has 0 aliphatic carbocycles. The Morgan fingerprint density at radius 3 is 2.64 bits per heavy atom. The maximum atomic E-state index is 12.0. The van der Waals surface area contributed by atoms with Crippen LogP contribution in [0.5, 0.6) is 0 Å². The average Bonchev–Trinajstić information content (AvgIpc) is 2.99. The van der Waals surface area contributed by atoms with Gasteiger partial charge in [-0.15, -0.1) is 0 Å². The van der Waals surface area contributed by atoms with Crippen molar-refractivity contribution in [3.8, 4) is 0 Å². The molecule has 6 nitrogen and oxygen atoms in total. The van der Waals surface area contributed by atoms with Crippen LogP contribution in [0.3, 0.4) is 0 Å². The summed E-state index contributed by atoms with van der Waals surface area (Å²) in [6.45, 7) is 5.26. The Balaban J connectivity index is 2.17. The molecule has 6 heteroatoms. The first-order valence-corrected chi connectivity index (χ1v) is 7.71. The van der Waals surface area contributed by atoms with Crippen molar-refractivity contribution in [3.05, 3.63) is 29.3 Å². The fourth-order valence-electron chi connectivity index (χ4n) is 2.63. The van der Waals surface area contributed by atoms with Crippen LogP contribution in [-0.4, -0.2) is 42.9 Å². The van der Waals surface area contributed by atoms with Gasteiger partial charge in [-0.05, 0) is 43.6 Å². The van der Waals surface area contributed by atoms with Gasteiger partial charge in [0.1, 0.15) is 0 Å². The number of nitrogens with one attached hydrogen (secondary N) is 2. The number of nitrogens with zero attached hydrogens (tertiary/aromatic N) is 1. The molecule has 2 rings (SSSR count). The predicted octanol–water partition coefficient (Wildman–Crippen LogP) is 0.929. The van der Waals surface area contributed by atoms with Gasteiger partial charge in [-0.1, -0.05) is 6.07 Å². The van der Waals surface area contributed by atoms with E-state index < -0.39 is 0 Å². The fourth-order valence-corrected chi connectivity index (χ4v) is 2.63. The van der Waals surface area contributed by atoms with E-state index in [1.807, 2.05) is 6.07 Å². The van der Waals surface area contributed by atoms with E-state index in [1.54, 1.807) is 12.1 Å². The number of nitrogens with two attached hydrogens (primary N) is 1. The molecule has 1 saturated heterocycles. The zero-order valence-corrected chi connectivity index (χ0v) is 13.0. The Morgan fingerprint density at radius 2 is 2.00 bits per heavy atom. The maximum absolute atomic E-state index is 12.0. The molecular weight excluding hydrogens is 280 g/mol. The number of likely N-dealkylation sites (tertiary alicyclic amines) is 1. The molecule has 0 atom stereocenters. The quantitative estimate of drug-likeness (QED) is 0.729. The van der Waals surface area contributed by atoms with Crippen molar-refractivity contribution in [1.29, 1.82) is 0 Å². The molecule has 4 N–H and O–H groups in total. The third kappa shape index (κ3) is 4.54. The number of amides is 2. The molecule has 0 bridgehead atoms. The summed E-state index contributed by atoms with van der Waals surface area (Å²) in [5, 5.41) is 5.56. The van der Waals surface area contributed by atoms with Gasteiger partial charge in [-0.25, -0.2) is 0 Å². The van der Waals surface area contributed by atoms with Gasteiger partial charge in [0.05, 0.1) is 0 Å². The number of hydrogen-bond acceptors (Lipinski definition) is 4. The molecule has 0 aromatic heterocycles. The van der Waals surface area contributed by atoms with E-state index in [1.165, 1.54) is 19.8 Å². The highest BCUT2D eigenvalue weighted by molar-refractivity contribution is 5.97. The van der Waals surface area contributed by atoms with E-state index in [4.69, 9.17) is 5.73 Å². The third-order valence-corrected chi connectivity index (χ3v) is 3.71. The summed E-state index contributed by atoms with van der Waals surface area (Å²) in [7, 11) is 0. The van der Waals surface area contributed by atoms with Crippen molar-refractivity contribution in [3.63, 3.8) is 0 Å². The first-order valence-electron chi connectivity index (χ1n) is 7.71. The van der Waals surface area contributed by atoms with Crippen LogP contribution in [-0.2, 0) is 11.3 Å². The molecule has 1 fully saturated rings. The molecule has 1 heterocycles. The Bertz CT molecular complexity index is 539. The number of rotatable bonds is 6. The van der Waals surface area contributed by atoms with Crippen LogP contribution in [0, 0.1) is 0 Å². The minimum Gasteiger partial charge on any atom is -0.351 e. The predicted molar refractivity (Wildman–Crippen MR) is 86.6 cm³/mol. The fraction of sp³-hybridized carbons (Fsp3) is 0.500. The number of carbonyl (C=O) groups excluding carboxylic acids is 2. The highest BCUT2D eigenvalue weighted by atomic mass is 16.2. The summed E-state index contributed by atoms with van der Waals surface area (Å²) >= 11 is 0. The van der Waals surface area contributed by atoms with Gasteiger partial charge >= 0.3 is 0 Å². The lowest BCUT2D eigenvalue weighted by atomic mass is 10.1. The molecule has 120 valence electrons. The van der Waals surface area contributed by atoms with Crippen LogP contribution in [0.4, 0.5) is 5.69 Å². The van der Waals surface area contributed by atoms with E-state index in [-0.39, 0.29) is 11.8 Å². The molecule has 22 heavy (non-hydrogen) atoms. The Kier molecular flexibility index (Phi) is 5.91. The number of benzene rings is 1. The molecule has 0 spiro atoms. The van der Waals surface area contributed by atoms with Crippen molar-refractivity contribution in [2.24, 2.45) is 5.73 Å². The van der Waals surface area contributed by atoms with Crippen LogP contribution in [0.1, 0.15) is 35.7 Å². The molecule has 0 radical (unpaired) electrons. The number of anilines is 1. The van der Waals surface area contributed by atoms with Gasteiger partial charge < -0.3 is 16.4 Å². The lowest BCUT2D eigenvalue weighted by molar-refractivity contribution is -0.114. The lowest BCUT2D eigenvalue weighted by Crippen LogP contribution is -2.29. The summed E-state index contributed by atoms with van der Waals surface area (Å²) in [6, 6.07) is 5.45. The van der Waals surface area contributed by atoms with Crippen LogP contribution in [0.2, 0.25) is 0 Å². The Morgan fingerprint density at radius 1 is 1.27 bits per heavy atom. The van der Waals surface area contributed by atoms with E-state index >= 15 is 0 Å². The van der Waals surface area contributed by atoms with Crippen molar-refractivity contribution in [2.45, 2.75) is 26.3 Å². The second kappa shape index (κ2) is 7.91. The van der Waals surface area contributed by atoms with Gasteiger partial charge in [0.2, 0.25) is 5.91 Å². The molecule has 0 saturated carbocycles. The van der Waals surface area contributed by atoms with Gasteiger partial charge in [-0.2, -0.15) is 0 Å². The standard InChI is InChI=1S/C16H24N4O2/c1-12(21)19-15-10-13(16(22)18-7-6-17)4-5-14(15)11-20-8-2-3-9-20/h4-5,10H,2-3,6-9,11,17H2,1H3,(H,18,22)(H,19,21). The van der Waals surface area contributed by atoms with Crippen LogP contribution in [0.15, 0.2) is 18.2 Å². The van der Waals surface area contributed by atoms with Crippen molar-refractivity contribution in [2.75, 3.05) is 31.5 Å². The topological polar surface area (TPSA) is 87.5 Å². The van der Waals surface area contributed by atoms with Gasteiger partial charge in [0.25, 0.3) is 5.91 Å². The van der Waals surface area contributed by atoms with E-state index in [2.05, 4.69) is 15.5 Å². The first-order chi connectivity index (χ1) is 10.6. The molecular formula is C16H24N4O2. The van der Waals surface area contributed by atoms with Crippen LogP contribution in [0.25, 0.3) is 0 Å². The largest absolute Gasteiger partial charge is 0.351 e. The van der Waals surface area contributed by atoms with E-state index in [0.29, 0.717) is 24.3 Å². The second-order valence-corrected chi connectivity index (χ2v) is 5.58. The van der Waals surface area contributed by atoms with Gasteiger partial charge in [0, 0.05) is 37.8 Å². The maximum Gasteiger partial charge on any atom is 0.251 e. The summed E-state index contributed by atoms with van der Waals surface area (Å²) in [5.41, 5.74) is 7.66. The monoisotopic (exact) mass is 304 g/mol. The normalized spacial score (nSPS) is 14.8. The second-order valence-electron chi connectivity index (χ2n) is 5.58. The minimum absolute atomic E-state index is 0.137. The summed E-state index contributed by atoms with van der Waals surface area (Å²) in [5.74, 6) is -0.313. The van der Waals surface area contributed by atoms with Gasteiger partial charge in [0.15, 0.2) is 0 Å². The highest BCUT2D eigenvalue weighted by Crippen LogP contribution is 2.22. The summed E-state index contributed by atoms with van der Waals surface area (Å²) in [6.07, 6.45) is 2.43. The smallest absolute Gasteiger partial charge is 0.251 e. The highest BCUT2D eigenvalue weighted by Gasteiger charge is 2.16. The number of carbonyl (C=O) groups is 2.